The molecule has 1 atom stereocenters. The number of allylic oxidation sites excluding steroid dienone is 1. The number of carbonyl (C=O) groups is 2. The van der Waals surface area contributed by atoms with Crippen molar-refractivity contribution in [3.05, 3.63) is 65.8 Å². The summed E-state index contributed by atoms with van der Waals surface area (Å²) in [6.45, 7) is 9.82. The van der Waals surface area contributed by atoms with Crippen LogP contribution in [0.4, 0.5) is 10.6 Å². The molecule has 1 amide bonds. The number of hydrogen-bond acceptors (Lipinski definition) is 6. The number of anilines is 1. The van der Waals surface area contributed by atoms with E-state index < -0.39 is 11.6 Å². The van der Waals surface area contributed by atoms with E-state index in [1.807, 2.05) is 63.4 Å². The Hall–Kier alpha value is -4.40. The highest BCUT2D eigenvalue weighted by atomic mass is 16.6. The van der Waals surface area contributed by atoms with Crippen molar-refractivity contribution in [1.82, 2.24) is 19.3 Å². The maximum atomic E-state index is 12.7. The molecule has 0 radical (unpaired) electrons. The van der Waals surface area contributed by atoms with Gasteiger partial charge in [0, 0.05) is 24.6 Å². The SMILES string of the molecule is CC(C)c1nc(-c2ccc(CC(=O)O)c3ccccc23)c2c(N)ncc(C3=CCC(N(C)C(=O)OC(C)(C)C)CC3)n12. The van der Waals surface area contributed by atoms with Gasteiger partial charge < -0.3 is 20.5 Å². The molecule has 1 aliphatic rings. The number of rotatable bonds is 6. The van der Waals surface area contributed by atoms with Crippen LogP contribution >= 0.6 is 0 Å². The Morgan fingerprint density at radius 3 is 2.50 bits per heavy atom. The number of aromatic nitrogens is 3. The molecule has 0 bridgehead atoms. The lowest BCUT2D eigenvalue weighted by atomic mass is 9.92. The lowest BCUT2D eigenvalue weighted by molar-refractivity contribution is -0.136. The molecule has 1 aliphatic carbocycles. The van der Waals surface area contributed by atoms with E-state index in [4.69, 9.17) is 15.5 Å². The number of imidazole rings is 1. The summed E-state index contributed by atoms with van der Waals surface area (Å²) >= 11 is 0. The lowest BCUT2D eigenvalue weighted by Gasteiger charge is -2.32. The molecule has 2 heterocycles. The smallest absolute Gasteiger partial charge is 0.410 e. The number of carboxylic acids is 1. The minimum Gasteiger partial charge on any atom is -0.481 e. The van der Waals surface area contributed by atoms with Crippen LogP contribution in [0.15, 0.2) is 48.7 Å². The molecule has 3 N–H and O–H groups in total. The second kappa shape index (κ2) is 11.1. The molecule has 0 spiro atoms. The van der Waals surface area contributed by atoms with Crippen molar-refractivity contribution in [3.63, 3.8) is 0 Å². The summed E-state index contributed by atoms with van der Waals surface area (Å²) in [5.41, 5.74) is 11.2. The van der Waals surface area contributed by atoms with Crippen LogP contribution in [0.1, 0.15) is 76.9 Å². The molecule has 9 heteroatoms. The van der Waals surface area contributed by atoms with Gasteiger partial charge in [0.25, 0.3) is 0 Å². The fourth-order valence-corrected chi connectivity index (χ4v) is 5.74. The van der Waals surface area contributed by atoms with E-state index in [0.29, 0.717) is 12.2 Å². The minimum absolute atomic E-state index is 0.0411. The number of benzene rings is 2. The average molecular weight is 570 g/mol. The first-order chi connectivity index (χ1) is 19.9. The number of nitrogen functional groups attached to an aromatic ring is 1. The summed E-state index contributed by atoms with van der Waals surface area (Å²) in [5.74, 6) is 0.475. The van der Waals surface area contributed by atoms with Crippen LogP contribution in [0.25, 0.3) is 33.1 Å². The molecule has 4 aromatic rings. The van der Waals surface area contributed by atoms with Crippen LogP contribution in [0.5, 0.6) is 0 Å². The number of aliphatic carboxylic acids is 1. The molecule has 9 nitrogen and oxygen atoms in total. The number of hydrogen-bond donors (Lipinski definition) is 2. The molecule has 1 unspecified atom stereocenters. The highest BCUT2D eigenvalue weighted by Crippen LogP contribution is 2.39. The van der Waals surface area contributed by atoms with E-state index in [0.717, 1.165) is 63.0 Å². The number of nitrogens with two attached hydrogens (primary N) is 1. The van der Waals surface area contributed by atoms with E-state index in [1.165, 1.54) is 0 Å². The van der Waals surface area contributed by atoms with Crippen LogP contribution in [0.2, 0.25) is 0 Å². The van der Waals surface area contributed by atoms with Gasteiger partial charge in [0.2, 0.25) is 0 Å². The second-order valence-corrected chi connectivity index (χ2v) is 12.3. The van der Waals surface area contributed by atoms with Gasteiger partial charge in [-0.1, -0.05) is 56.3 Å². The van der Waals surface area contributed by atoms with Gasteiger partial charge in [-0.05, 0) is 61.9 Å². The normalized spacial score (nSPS) is 15.7. The summed E-state index contributed by atoms with van der Waals surface area (Å²) in [7, 11) is 1.80. The van der Waals surface area contributed by atoms with Gasteiger partial charge >= 0.3 is 12.1 Å². The van der Waals surface area contributed by atoms with Crippen molar-refractivity contribution >= 4 is 39.7 Å². The van der Waals surface area contributed by atoms with Crippen molar-refractivity contribution in [1.29, 1.82) is 0 Å². The molecule has 220 valence electrons. The topological polar surface area (TPSA) is 123 Å². The Morgan fingerprint density at radius 1 is 1.17 bits per heavy atom. The van der Waals surface area contributed by atoms with Gasteiger partial charge in [-0.2, -0.15) is 0 Å². The minimum atomic E-state index is -0.874. The summed E-state index contributed by atoms with van der Waals surface area (Å²) in [6.07, 6.45) is 5.87. The predicted molar refractivity (Wildman–Crippen MR) is 165 cm³/mol. The summed E-state index contributed by atoms with van der Waals surface area (Å²) in [5, 5.41) is 11.3. The fraction of sp³-hybridized carbons (Fsp3) is 0.394. The zero-order valence-corrected chi connectivity index (χ0v) is 25.1. The summed E-state index contributed by atoms with van der Waals surface area (Å²) < 4.78 is 7.71. The third-order valence-corrected chi connectivity index (χ3v) is 7.78. The third-order valence-electron chi connectivity index (χ3n) is 7.78. The van der Waals surface area contributed by atoms with E-state index in [1.54, 1.807) is 11.9 Å². The van der Waals surface area contributed by atoms with Gasteiger partial charge in [-0.3, -0.25) is 9.20 Å². The number of amides is 1. The largest absolute Gasteiger partial charge is 0.481 e. The quantitative estimate of drug-likeness (QED) is 0.265. The van der Waals surface area contributed by atoms with Gasteiger partial charge in [-0.15, -0.1) is 0 Å². The van der Waals surface area contributed by atoms with Crippen LogP contribution in [0, 0.1) is 0 Å². The highest BCUT2D eigenvalue weighted by molar-refractivity contribution is 6.03. The molecule has 5 rings (SSSR count). The molecule has 42 heavy (non-hydrogen) atoms. The molecule has 0 saturated carbocycles. The third kappa shape index (κ3) is 5.55. The number of fused-ring (bicyclic) bond motifs is 2. The van der Waals surface area contributed by atoms with E-state index in [9.17, 15) is 14.7 Å². The zero-order valence-electron chi connectivity index (χ0n) is 25.1. The number of nitrogens with zero attached hydrogens (tertiary/aromatic N) is 4. The maximum absolute atomic E-state index is 12.7. The monoisotopic (exact) mass is 569 g/mol. The van der Waals surface area contributed by atoms with Gasteiger partial charge in [0.1, 0.15) is 28.5 Å². The standard InChI is InChI=1S/C33H39N5O4/c1-19(2)31-36-28(25-16-13-21(17-27(39)40)23-9-7-8-10-24(23)25)29-30(34)35-18-26(38(29)31)20-11-14-22(15-12-20)37(6)32(41)42-33(3,4)5/h7-11,13,16,18-19,22H,12,14-15,17H2,1-6H3,(H2,34,35)(H,39,40). The number of ether oxygens (including phenoxy) is 1. The molecular weight excluding hydrogens is 530 g/mol. The van der Waals surface area contributed by atoms with E-state index in [2.05, 4.69) is 29.3 Å². The Balaban J connectivity index is 1.60. The van der Waals surface area contributed by atoms with E-state index in [-0.39, 0.29) is 24.5 Å². The predicted octanol–water partition coefficient (Wildman–Crippen LogP) is 6.69. The zero-order chi connectivity index (χ0) is 30.3. The molecular formula is C33H39N5O4. The molecule has 0 fully saturated rings. The van der Waals surface area contributed by atoms with Gasteiger partial charge in [0.05, 0.1) is 18.3 Å². The Labute approximate surface area is 246 Å². The highest BCUT2D eigenvalue weighted by Gasteiger charge is 2.29. The lowest BCUT2D eigenvalue weighted by Crippen LogP contribution is -2.41. The fourth-order valence-electron chi connectivity index (χ4n) is 5.74. The van der Waals surface area contributed by atoms with Crippen molar-refractivity contribution < 1.29 is 19.4 Å². The first kappa shape index (κ1) is 29.1. The summed E-state index contributed by atoms with van der Waals surface area (Å²) in [6, 6.07) is 11.7. The van der Waals surface area contributed by atoms with E-state index >= 15 is 0 Å². The first-order valence-corrected chi connectivity index (χ1v) is 14.4. The maximum Gasteiger partial charge on any atom is 0.410 e. The van der Waals surface area contributed by atoms with Gasteiger partial charge in [0.15, 0.2) is 0 Å². The summed E-state index contributed by atoms with van der Waals surface area (Å²) in [4.78, 5) is 35.6. The molecule has 2 aromatic heterocycles. The van der Waals surface area contributed by atoms with Crippen LogP contribution in [-0.4, -0.2) is 55.1 Å². The van der Waals surface area contributed by atoms with Crippen molar-refractivity contribution in [2.45, 2.75) is 77.9 Å². The van der Waals surface area contributed by atoms with Crippen LogP contribution in [0.3, 0.4) is 0 Å². The van der Waals surface area contributed by atoms with Gasteiger partial charge in [-0.25, -0.2) is 14.8 Å². The van der Waals surface area contributed by atoms with Crippen molar-refractivity contribution in [2.24, 2.45) is 0 Å². The van der Waals surface area contributed by atoms with Crippen LogP contribution in [-0.2, 0) is 16.0 Å². The molecule has 2 aromatic carbocycles. The Morgan fingerprint density at radius 2 is 1.88 bits per heavy atom. The molecule has 0 saturated heterocycles. The average Bonchev–Trinajstić information content (AvgIpc) is 3.34. The number of carbonyl (C=O) groups excluding carboxylic acids is 1. The molecule has 0 aliphatic heterocycles. The Kier molecular flexibility index (Phi) is 7.70. The Bertz CT molecular complexity index is 1710. The first-order valence-electron chi connectivity index (χ1n) is 14.4. The second-order valence-electron chi connectivity index (χ2n) is 12.3. The number of carboxylic acid groups (broad SMARTS) is 1. The van der Waals surface area contributed by atoms with Crippen molar-refractivity contribution in [2.75, 3.05) is 12.8 Å². The van der Waals surface area contributed by atoms with Crippen molar-refractivity contribution in [3.8, 4) is 11.3 Å². The van der Waals surface area contributed by atoms with Crippen LogP contribution < -0.4 is 5.73 Å².